The zero-order valence-electron chi connectivity index (χ0n) is 14.8. The van der Waals surface area contributed by atoms with Crippen molar-refractivity contribution in [3.05, 3.63) is 46.5 Å². The first-order chi connectivity index (χ1) is 11.5. The minimum Gasteiger partial charge on any atom is -0.493 e. The highest BCUT2D eigenvalue weighted by Gasteiger charge is 2.12. The number of nitrogens with zero attached hydrogens (tertiary/aromatic N) is 2. The van der Waals surface area contributed by atoms with E-state index in [0.717, 1.165) is 40.4 Å². The van der Waals surface area contributed by atoms with E-state index in [0.29, 0.717) is 17.9 Å². The molecule has 1 aromatic carbocycles. The Balaban J connectivity index is 2.06. The predicted molar refractivity (Wildman–Crippen MR) is 98.8 cm³/mol. The average Bonchev–Trinajstić information content (AvgIpc) is 2.57. The maximum Gasteiger partial charge on any atom is 0.258 e. The molecule has 0 bridgehead atoms. The fraction of sp³-hybridized carbons (Fsp3) is 0.400. The smallest absolute Gasteiger partial charge is 0.258 e. The van der Waals surface area contributed by atoms with E-state index in [4.69, 9.17) is 4.74 Å². The first-order valence-electron chi connectivity index (χ1n) is 8.49. The van der Waals surface area contributed by atoms with E-state index in [2.05, 4.69) is 24.9 Å². The summed E-state index contributed by atoms with van der Waals surface area (Å²) in [6, 6.07) is 5.90. The molecule has 24 heavy (non-hydrogen) atoms. The monoisotopic (exact) mass is 324 g/mol. The van der Waals surface area contributed by atoms with Gasteiger partial charge in [0, 0.05) is 18.6 Å². The molecule has 0 radical (unpaired) electrons. The summed E-state index contributed by atoms with van der Waals surface area (Å²) in [5, 5.41) is 2.69. The number of benzene rings is 1. The summed E-state index contributed by atoms with van der Waals surface area (Å²) in [6.45, 7) is 7.14. The number of hydrogen-bond donors (Lipinski definition) is 0. The summed E-state index contributed by atoms with van der Waals surface area (Å²) in [5.41, 5.74) is 1.89. The molecule has 2 aromatic heterocycles. The fourth-order valence-electron chi connectivity index (χ4n) is 3.09. The summed E-state index contributed by atoms with van der Waals surface area (Å²) in [5.74, 6) is 1.48. The van der Waals surface area contributed by atoms with Crippen LogP contribution < -0.4 is 10.3 Å². The topological polar surface area (TPSA) is 44.1 Å². The van der Waals surface area contributed by atoms with Crippen LogP contribution in [0.5, 0.6) is 5.75 Å². The van der Waals surface area contributed by atoms with Crippen molar-refractivity contribution in [2.24, 2.45) is 13.0 Å². The Hall–Kier alpha value is -2.36. The molecule has 4 heteroatoms. The van der Waals surface area contributed by atoms with Crippen molar-refractivity contribution >= 4 is 21.7 Å². The standard InChI is InChI=1S/C20H24N2O2/c1-13(2)6-5-9-24-19-11-17-16(10-14(19)3)15-7-8-21-12-18(15)22(4)20(17)23/h7-8,10-13H,5-6,9H2,1-4H3. The normalized spacial score (nSPS) is 11.5. The first kappa shape index (κ1) is 16.5. The van der Waals surface area contributed by atoms with E-state index in [-0.39, 0.29) is 5.56 Å². The van der Waals surface area contributed by atoms with Crippen molar-refractivity contribution < 1.29 is 4.74 Å². The molecule has 0 fully saturated rings. The number of fused-ring (bicyclic) bond motifs is 3. The van der Waals surface area contributed by atoms with Crippen LogP contribution in [0.4, 0.5) is 0 Å². The highest BCUT2D eigenvalue weighted by molar-refractivity contribution is 6.06. The van der Waals surface area contributed by atoms with Crippen LogP contribution >= 0.6 is 0 Å². The lowest BCUT2D eigenvalue weighted by molar-refractivity contribution is 0.296. The van der Waals surface area contributed by atoms with E-state index in [1.54, 1.807) is 24.0 Å². The van der Waals surface area contributed by atoms with Crippen molar-refractivity contribution in [1.29, 1.82) is 0 Å². The molecule has 3 aromatic rings. The van der Waals surface area contributed by atoms with Gasteiger partial charge in [-0.05, 0) is 54.8 Å². The van der Waals surface area contributed by atoms with Crippen LogP contribution in [0.3, 0.4) is 0 Å². The minimum atomic E-state index is -0.0162. The van der Waals surface area contributed by atoms with E-state index in [9.17, 15) is 4.79 Å². The van der Waals surface area contributed by atoms with Crippen molar-refractivity contribution in [1.82, 2.24) is 9.55 Å². The van der Waals surface area contributed by atoms with Gasteiger partial charge in [-0.1, -0.05) is 13.8 Å². The Morgan fingerprint density at radius 1 is 1.21 bits per heavy atom. The van der Waals surface area contributed by atoms with E-state index in [1.165, 1.54) is 0 Å². The number of aryl methyl sites for hydroxylation is 2. The maximum absolute atomic E-state index is 12.7. The first-order valence-corrected chi connectivity index (χ1v) is 8.49. The molecule has 0 spiro atoms. The molecular weight excluding hydrogens is 300 g/mol. The van der Waals surface area contributed by atoms with Crippen LogP contribution in [-0.2, 0) is 7.05 Å². The van der Waals surface area contributed by atoms with Crippen molar-refractivity contribution in [3.8, 4) is 5.75 Å². The Morgan fingerprint density at radius 3 is 2.75 bits per heavy atom. The van der Waals surface area contributed by atoms with E-state index >= 15 is 0 Å². The summed E-state index contributed by atoms with van der Waals surface area (Å²) in [7, 11) is 1.79. The van der Waals surface area contributed by atoms with Crippen molar-refractivity contribution in [3.63, 3.8) is 0 Å². The van der Waals surface area contributed by atoms with Crippen LogP contribution in [0.1, 0.15) is 32.3 Å². The molecule has 0 N–H and O–H groups in total. The van der Waals surface area contributed by atoms with Gasteiger partial charge in [0.2, 0.25) is 0 Å². The van der Waals surface area contributed by atoms with Gasteiger partial charge in [-0.3, -0.25) is 9.78 Å². The molecule has 0 saturated carbocycles. The van der Waals surface area contributed by atoms with Crippen LogP contribution in [0.2, 0.25) is 0 Å². The second-order valence-corrected chi connectivity index (χ2v) is 6.80. The lowest BCUT2D eigenvalue weighted by atomic mass is 10.0. The molecule has 0 aliphatic heterocycles. The molecule has 3 rings (SSSR count). The fourth-order valence-corrected chi connectivity index (χ4v) is 3.09. The lowest BCUT2D eigenvalue weighted by Gasteiger charge is -2.13. The van der Waals surface area contributed by atoms with Crippen LogP contribution in [-0.4, -0.2) is 16.2 Å². The predicted octanol–water partition coefficient (Wildman–Crippen LogP) is 4.21. The molecule has 0 atom stereocenters. The van der Waals surface area contributed by atoms with Crippen LogP contribution in [0, 0.1) is 12.8 Å². The zero-order valence-corrected chi connectivity index (χ0v) is 14.8. The summed E-state index contributed by atoms with van der Waals surface area (Å²) < 4.78 is 7.60. The quantitative estimate of drug-likeness (QED) is 0.521. The average molecular weight is 324 g/mol. The molecule has 0 saturated heterocycles. The van der Waals surface area contributed by atoms with Crippen molar-refractivity contribution in [2.45, 2.75) is 33.6 Å². The Kier molecular flexibility index (Phi) is 4.56. The van der Waals surface area contributed by atoms with Gasteiger partial charge in [-0.25, -0.2) is 0 Å². The Bertz CT molecular complexity index is 942. The van der Waals surface area contributed by atoms with Gasteiger partial charge in [0.25, 0.3) is 5.56 Å². The van der Waals surface area contributed by atoms with Gasteiger partial charge in [-0.15, -0.1) is 0 Å². The third kappa shape index (κ3) is 3.01. The maximum atomic E-state index is 12.7. The summed E-state index contributed by atoms with van der Waals surface area (Å²) in [6.07, 6.45) is 5.67. The largest absolute Gasteiger partial charge is 0.493 e. The molecule has 2 heterocycles. The molecule has 0 aliphatic carbocycles. The number of pyridine rings is 2. The number of aromatic nitrogens is 2. The zero-order chi connectivity index (χ0) is 17.3. The van der Waals surface area contributed by atoms with Gasteiger partial charge in [-0.2, -0.15) is 0 Å². The van der Waals surface area contributed by atoms with Crippen molar-refractivity contribution in [2.75, 3.05) is 6.61 Å². The highest BCUT2D eigenvalue weighted by Crippen LogP contribution is 2.28. The Morgan fingerprint density at radius 2 is 2.00 bits per heavy atom. The Labute approximate surface area is 142 Å². The van der Waals surface area contributed by atoms with E-state index in [1.807, 2.05) is 19.1 Å². The van der Waals surface area contributed by atoms with Crippen LogP contribution in [0.25, 0.3) is 21.7 Å². The van der Waals surface area contributed by atoms with Gasteiger partial charge >= 0.3 is 0 Å². The number of rotatable bonds is 5. The highest BCUT2D eigenvalue weighted by atomic mass is 16.5. The molecule has 0 unspecified atom stereocenters. The molecule has 126 valence electrons. The second-order valence-electron chi connectivity index (χ2n) is 6.80. The molecular formula is C20H24N2O2. The summed E-state index contributed by atoms with van der Waals surface area (Å²) in [4.78, 5) is 16.8. The third-order valence-corrected chi connectivity index (χ3v) is 4.49. The van der Waals surface area contributed by atoms with Gasteiger partial charge < -0.3 is 9.30 Å². The van der Waals surface area contributed by atoms with Gasteiger partial charge in [0.15, 0.2) is 0 Å². The van der Waals surface area contributed by atoms with Gasteiger partial charge in [0.05, 0.1) is 23.7 Å². The number of hydrogen-bond acceptors (Lipinski definition) is 3. The number of ether oxygens (including phenoxy) is 1. The molecule has 0 aliphatic rings. The minimum absolute atomic E-state index is 0.0162. The van der Waals surface area contributed by atoms with Gasteiger partial charge in [0.1, 0.15) is 5.75 Å². The summed E-state index contributed by atoms with van der Waals surface area (Å²) >= 11 is 0. The molecule has 4 nitrogen and oxygen atoms in total. The molecule has 0 amide bonds. The van der Waals surface area contributed by atoms with E-state index < -0.39 is 0 Å². The lowest BCUT2D eigenvalue weighted by Crippen LogP contribution is -2.17. The van der Waals surface area contributed by atoms with Crippen LogP contribution in [0.15, 0.2) is 35.4 Å². The third-order valence-electron chi connectivity index (χ3n) is 4.49. The SMILES string of the molecule is Cc1cc2c(cc1OCCCC(C)C)c(=O)n(C)c1cnccc21. The second kappa shape index (κ2) is 6.63.